The third-order valence-electron chi connectivity index (χ3n) is 6.27. The number of aliphatic hydroxyl groups is 1. The zero-order chi connectivity index (χ0) is 18.6. The van der Waals surface area contributed by atoms with Crippen molar-refractivity contribution in [2.75, 3.05) is 13.1 Å². The first-order valence-corrected chi connectivity index (χ1v) is 9.89. The Bertz CT molecular complexity index is 992. The number of hydrogen-bond donors (Lipinski definition) is 1. The summed E-state index contributed by atoms with van der Waals surface area (Å²) in [6, 6.07) is 6.61. The third-order valence-corrected chi connectivity index (χ3v) is 6.27. The van der Waals surface area contributed by atoms with Gasteiger partial charge in [-0.2, -0.15) is 0 Å². The fourth-order valence-electron chi connectivity index (χ4n) is 4.97. The highest BCUT2D eigenvalue weighted by molar-refractivity contribution is 5.84. The molecule has 1 fully saturated rings. The van der Waals surface area contributed by atoms with Crippen molar-refractivity contribution in [3.8, 4) is 0 Å². The van der Waals surface area contributed by atoms with Crippen molar-refractivity contribution in [3.05, 3.63) is 59.2 Å². The molecule has 3 aromatic rings. The van der Waals surface area contributed by atoms with E-state index in [0.29, 0.717) is 12.6 Å². The molecule has 27 heavy (non-hydrogen) atoms. The summed E-state index contributed by atoms with van der Waals surface area (Å²) in [5.74, 6) is 0. The van der Waals surface area contributed by atoms with Crippen LogP contribution in [0.15, 0.2) is 36.8 Å². The second kappa shape index (κ2) is 6.14. The third kappa shape index (κ3) is 2.68. The Hall–Kier alpha value is -2.24. The molecular weight excluding hydrogens is 336 g/mol. The molecule has 0 spiro atoms. The standard InChI is InChI=1S/C22H26N4O/c1-15-11-17-20-18-6-4-9-25(18)10-7-19(20)26(21(17)24-12-15)14-22(2,27)16-5-3-8-23-13-16/h3,5,8,11-13,18,27H,4,6-7,9-10,14H2,1-2H3. The van der Waals surface area contributed by atoms with Crippen molar-refractivity contribution in [1.29, 1.82) is 0 Å². The van der Waals surface area contributed by atoms with Gasteiger partial charge >= 0.3 is 0 Å². The molecule has 0 bridgehead atoms. The van der Waals surface area contributed by atoms with Crippen LogP contribution in [0.3, 0.4) is 0 Å². The SMILES string of the molecule is Cc1cnc2c(c1)c1c(n2CC(C)(O)c2cccnc2)CCN2CCCC12. The Labute approximate surface area is 159 Å². The monoisotopic (exact) mass is 362 g/mol. The number of rotatable bonds is 3. The van der Waals surface area contributed by atoms with Gasteiger partial charge in [-0.3, -0.25) is 9.88 Å². The Morgan fingerprint density at radius 2 is 2.19 bits per heavy atom. The van der Waals surface area contributed by atoms with Crippen molar-refractivity contribution in [3.63, 3.8) is 0 Å². The molecule has 5 rings (SSSR count). The van der Waals surface area contributed by atoms with Gasteiger partial charge < -0.3 is 9.67 Å². The molecule has 5 nitrogen and oxygen atoms in total. The molecule has 2 unspecified atom stereocenters. The lowest BCUT2D eigenvalue weighted by Crippen LogP contribution is -2.33. The quantitative estimate of drug-likeness (QED) is 0.776. The van der Waals surface area contributed by atoms with Crippen LogP contribution in [-0.4, -0.2) is 37.6 Å². The van der Waals surface area contributed by atoms with Crippen LogP contribution in [0.4, 0.5) is 0 Å². The molecule has 1 saturated heterocycles. The van der Waals surface area contributed by atoms with E-state index in [2.05, 4.69) is 27.4 Å². The number of pyridine rings is 2. The Morgan fingerprint density at radius 3 is 3.00 bits per heavy atom. The average Bonchev–Trinajstić information content (AvgIpc) is 3.25. The lowest BCUT2D eigenvalue weighted by atomic mass is 9.95. The van der Waals surface area contributed by atoms with Gasteiger partial charge in [0.1, 0.15) is 11.2 Å². The molecule has 0 amide bonds. The number of aryl methyl sites for hydroxylation is 1. The summed E-state index contributed by atoms with van der Waals surface area (Å²) < 4.78 is 2.27. The minimum Gasteiger partial charge on any atom is -0.384 e. The molecule has 0 aromatic carbocycles. The van der Waals surface area contributed by atoms with E-state index in [1.54, 1.807) is 12.4 Å². The summed E-state index contributed by atoms with van der Waals surface area (Å²) in [6.07, 6.45) is 8.95. The molecule has 0 aliphatic carbocycles. The molecule has 2 atom stereocenters. The fourth-order valence-corrected chi connectivity index (χ4v) is 4.97. The molecule has 5 heterocycles. The summed E-state index contributed by atoms with van der Waals surface area (Å²) in [6.45, 7) is 6.77. The van der Waals surface area contributed by atoms with Crippen molar-refractivity contribution in [1.82, 2.24) is 19.4 Å². The van der Waals surface area contributed by atoms with Crippen LogP contribution in [0.5, 0.6) is 0 Å². The predicted molar refractivity (Wildman–Crippen MR) is 106 cm³/mol. The van der Waals surface area contributed by atoms with E-state index >= 15 is 0 Å². The van der Waals surface area contributed by atoms with E-state index in [1.807, 2.05) is 25.3 Å². The molecule has 0 saturated carbocycles. The lowest BCUT2D eigenvalue weighted by Gasteiger charge is -2.32. The van der Waals surface area contributed by atoms with E-state index in [4.69, 9.17) is 4.98 Å². The zero-order valence-electron chi connectivity index (χ0n) is 16.0. The number of fused-ring (bicyclic) bond motifs is 5. The maximum Gasteiger partial charge on any atom is 0.140 e. The van der Waals surface area contributed by atoms with Gasteiger partial charge in [-0.1, -0.05) is 6.07 Å². The first-order chi connectivity index (χ1) is 13.0. The first kappa shape index (κ1) is 16.9. The van der Waals surface area contributed by atoms with E-state index in [-0.39, 0.29) is 0 Å². The molecule has 2 aliphatic rings. The fraction of sp³-hybridized carbons (Fsp3) is 0.455. The smallest absolute Gasteiger partial charge is 0.140 e. The van der Waals surface area contributed by atoms with Gasteiger partial charge in [-0.25, -0.2) is 4.98 Å². The first-order valence-electron chi connectivity index (χ1n) is 9.89. The maximum atomic E-state index is 11.3. The minimum atomic E-state index is -0.993. The van der Waals surface area contributed by atoms with Crippen molar-refractivity contribution >= 4 is 11.0 Å². The van der Waals surface area contributed by atoms with Crippen LogP contribution < -0.4 is 0 Å². The summed E-state index contributed by atoms with van der Waals surface area (Å²) in [4.78, 5) is 11.6. The molecule has 1 N–H and O–H groups in total. The summed E-state index contributed by atoms with van der Waals surface area (Å²) >= 11 is 0. The van der Waals surface area contributed by atoms with Crippen LogP contribution >= 0.6 is 0 Å². The topological polar surface area (TPSA) is 54.2 Å². The van der Waals surface area contributed by atoms with E-state index in [1.165, 1.54) is 41.6 Å². The second-order valence-electron chi connectivity index (χ2n) is 8.29. The molecular formula is C22H26N4O. The van der Waals surface area contributed by atoms with E-state index in [0.717, 1.165) is 24.2 Å². The van der Waals surface area contributed by atoms with Gasteiger partial charge in [0.15, 0.2) is 0 Å². The number of aromatic nitrogens is 3. The van der Waals surface area contributed by atoms with Crippen LogP contribution in [0, 0.1) is 6.92 Å². The Balaban J connectivity index is 1.67. The maximum absolute atomic E-state index is 11.3. The highest BCUT2D eigenvalue weighted by atomic mass is 16.3. The highest BCUT2D eigenvalue weighted by Crippen LogP contribution is 2.43. The minimum absolute atomic E-state index is 0.493. The van der Waals surface area contributed by atoms with E-state index in [9.17, 15) is 5.11 Å². The van der Waals surface area contributed by atoms with Crippen LogP contribution in [0.2, 0.25) is 0 Å². The molecule has 3 aromatic heterocycles. The van der Waals surface area contributed by atoms with Gasteiger partial charge in [0.05, 0.1) is 6.54 Å². The molecule has 2 aliphatic heterocycles. The van der Waals surface area contributed by atoms with Gasteiger partial charge in [0, 0.05) is 54.2 Å². The number of hydrogen-bond acceptors (Lipinski definition) is 4. The largest absolute Gasteiger partial charge is 0.384 e. The Kier molecular flexibility index (Phi) is 3.85. The second-order valence-corrected chi connectivity index (χ2v) is 8.29. The predicted octanol–water partition coefficient (Wildman–Crippen LogP) is 3.34. The van der Waals surface area contributed by atoms with Gasteiger partial charge in [0.25, 0.3) is 0 Å². The van der Waals surface area contributed by atoms with E-state index < -0.39 is 5.60 Å². The molecule has 5 heteroatoms. The van der Waals surface area contributed by atoms with Gasteiger partial charge in [-0.05, 0) is 56.5 Å². The zero-order valence-corrected chi connectivity index (χ0v) is 16.0. The van der Waals surface area contributed by atoms with Crippen LogP contribution in [0.25, 0.3) is 11.0 Å². The summed E-state index contributed by atoms with van der Waals surface area (Å²) in [5, 5.41) is 12.5. The van der Waals surface area contributed by atoms with Crippen molar-refractivity contribution in [2.45, 2.75) is 51.3 Å². The van der Waals surface area contributed by atoms with Gasteiger partial charge in [-0.15, -0.1) is 0 Å². The number of nitrogens with zero attached hydrogens (tertiary/aromatic N) is 4. The summed E-state index contributed by atoms with van der Waals surface area (Å²) in [7, 11) is 0. The van der Waals surface area contributed by atoms with Crippen molar-refractivity contribution < 1.29 is 5.11 Å². The lowest BCUT2D eigenvalue weighted by molar-refractivity contribution is 0.0378. The normalized spacial score (nSPS) is 21.8. The van der Waals surface area contributed by atoms with Crippen LogP contribution in [-0.2, 0) is 18.6 Å². The van der Waals surface area contributed by atoms with Crippen molar-refractivity contribution in [2.24, 2.45) is 0 Å². The molecule has 140 valence electrons. The summed E-state index contributed by atoms with van der Waals surface area (Å²) in [5.41, 5.74) is 4.85. The van der Waals surface area contributed by atoms with Gasteiger partial charge in [0.2, 0.25) is 0 Å². The Morgan fingerprint density at radius 1 is 1.30 bits per heavy atom. The van der Waals surface area contributed by atoms with Crippen LogP contribution in [0.1, 0.15) is 48.2 Å². The highest BCUT2D eigenvalue weighted by Gasteiger charge is 2.37. The molecule has 0 radical (unpaired) electrons. The average molecular weight is 362 g/mol.